The fourth-order valence-electron chi connectivity index (χ4n) is 1.30. The second kappa shape index (κ2) is 4.14. The van der Waals surface area contributed by atoms with Gasteiger partial charge in [-0.05, 0) is 37.1 Å². The molecule has 3 nitrogen and oxygen atoms in total. The molecule has 1 atom stereocenters. The molecule has 0 saturated carbocycles. The van der Waals surface area contributed by atoms with Crippen LogP contribution < -0.4 is 16.2 Å². The van der Waals surface area contributed by atoms with Crippen LogP contribution in [0, 0.1) is 0 Å². The molecule has 13 heavy (non-hydrogen) atoms. The molecule has 0 aliphatic carbocycles. The van der Waals surface area contributed by atoms with Gasteiger partial charge in [-0.25, -0.2) is 0 Å². The summed E-state index contributed by atoms with van der Waals surface area (Å²) in [7, 11) is 1.65. The molecule has 0 unspecified atom stereocenters. The fraction of sp³-hybridized carbons (Fsp3) is 0.400. The number of methoxy groups -OCH3 is 1. The number of anilines is 1. The minimum Gasteiger partial charge on any atom is -0.496 e. The molecule has 0 aliphatic rings. The van der Waals surface area contributed by atoms with Crippen molar-refractivity contribution in [3.05, 3.63) is 23.8 Å². The molecule has 0 saturated heterocycles. The zero-order valence-corrected chi connectivity index (χ0v) is 8.08. The summed E-state index contributed by atoms with van der Waals surface area (Å²) in [4.78, 5) is 0. The number of hydrogen-bond acceptors (Lipinski definition) is 3. The van der Waals surface area contributed by atoms with E-state index in [1.165, 1.54) is 0 Å². The third-order valence-electron chi connectivity index (χ3n) is 1.85. The minimum atomic E-state index is 0.121. The summed E-state index contributed by atoms with van der Waals surface area (Å²) in [6.45, 7) is 1.96. The highest BCUT2D eigenvalue weighted by Gasteiger charge is 2.05. The van der Waals surface area contributed by atoms with Gasteiger partial charge >= 0.3 is 0 Å². The summed E-state index contributed by atoms with van der Waals surface area (Å²) in [5, 5.41) is 0. The smallest absolute Gasteiger partial charge is 0.122 e. The van der Waals surface area contributed by atoms with Crippen molar-refractivity contribution in [3.63, 3.8) is 0 Å². The largest absolute Gasteiger partial charge is 0.496 e. The van der Waals surface area contributed by atoms with Gasteiger partial charge in [0.2, 0.25) is 0 Å². The quantitative estimate of drug-likeness (QED) is 0.686. The van der Waals surface area contributed by atoms with Crippen LogP contribution >= 0.6 is 0 Å². The van der Waals surface area contributed by atoms with Crippen molar-refractivity contribution >= 4 is 5.69 Å². The molecule has 0 spiro atoms. The summed E-state index contributed by atoms with van der Waals surface area (Å²) in [5.41, 5.74) is 13.2. The molecular formula is C10H16N2O. The average molecular weight is 180 g/mol. The summed E-state index contributed by atoms with van der Waals surface area (Å²) in [6.07, 6.45) is 0.786. The molecule has 0 amide bonds. The Morgan fingerprint density at radius 1 is 1.46 bits per heavy atom. The lowest BCUT2D eigenvalue weighted by Crippen LogP contribution is -2.18. The Kier molecular flexibility index (Phi) is 3.14. The van der Waals surface area contributed by atoms with E-state index in [9.17, 15) is 0 Å². The average Bonchev–Trinajstić information content (AvgIpc) is 2.03. The van der Waals surface area contributed by atoms with Crippen LogP contribution in [0.15, 0.2) is 18.2 Å². The number of hydrogen-bond donors (Lipinski definition) is 2. The monoisotopic (exact) mass is 180 g/mol. The Morgan fingerprint density at radius 2 is 2.15 bits per heavy atom. The van der Waals surface area contributed by atoms with Gasteiger partial charge in [-0.3, -0.25) is 0 Å². The van der Waals surface area contributed by atoms with Crippen molar-refractivity contribution < 1.29 is 4.74 Å². The van der Waals surface area contributed by atoms with E-state index in [1.54, 1.807) is 7.11 Å². The zero-order chi connectivity index (χ0) is 9.84. The third kappa shape index (κ3) is 2.63. The maximum atomic E-state index is 5.70. The van der Waals surface area contributed by atoms with Crippen molar-refractivity contribution in [1.29, 1.82) is 0 Å². The van der Waals surface area contributed by atoms with E-state index >= 15 is 0 Å². The van der Waals surface area contributed by atoms with E-state index in [-0.39, 0.29) is 6.04 Å². The molecular weight excluding hydrogens is 164 g/mol. The summed E-state index contributed by atoms with van der Waals surface area (Å²) < 4.78 is 5.19. The summed E-state index contributed by atoms with van der Waals surface area (Å²) >= 11 is 0. The van der Waals surface area contributed by atoms with Gasteiger partial charge in [0, 0.05) is 11.7 Å². The van der Waals surface area contributed by atoms with Crippen LogP contribution in [0.2, 0.25) is 0 Å². The second-order valence-corrected chi connectivity index (χ2v) is 3.25. The van der Waals surface area contributed by atoms with Crippen molar-refractivity contribution in [2.45, 2.75) is 19.4 Å². The molecule has 0 aliphatic heterocycles. The highest BCUT2D eigenvalue weighted by Crippen LogP contribution is 2.21. The maximum Gasteiger partial charge on any atom is 0.122 e. The Labute approximate surface area is 78.7 Å². The van der Waals surface area contributed by atoms with E-state index in [2.05, 4.69) is 0 Å². The lowest BCUT2D eigenvalue weighted by molar-refractivity contribution is 0.408. The summed E-state index contributed by atoms with van der Waals surface area (Å²) in [5.74, 6) is 0.853. The molecule has 0 radical (unpaired) electrons. The Hall–Kier alpha value is -1.22. The molecule has 1 aromatic rings. The van der Waals surface area contributed by atoms with Crippen molar-refractivity contribution in [3.8, 4) is 5.75 Å². The van der Waals surface area contributed by atoms with Gasteiger partial charge in [-0.15, -0.1) is 0 Å². The topological polar surface area (TPSA) is 61.3 Å². The number of rotatable bonds is 3. The Morgan fingerprint density at radius 3 is 2.69 bits per heavy atom. The van der Waals surface area contributed by atoms with Gasteiger partial charge in [0.15, 0.2) is 0 Å². The number of nitrogen functional groups attached to an aromatic ring is 1. The van der Waals surface area contributed by atoms with E-state index in [0.717, 1.165) is 23.4 Å². The first-order valence-corrected chi connectivity index (χ1v) is 4.31. The predicted molar refractivity (Wildman–Crippen MR) is 54.8 cm³/mol. The van der Waals surface area contributed by atoms with E-state index < -0.39 is 0 Å². The molecule has 0 aromatic heterocycles. The lowest BCUT2D eigenvalue weighted by Gasteiger charge is -2.10. The zero-order valence-electron chi connectivity index (χ0n) is 8.08. The van der Waals surface area contributed by atoms with E-state index in [1.807, 2.05) is 25.1 Å². The van der Waals surface area contributed by atoms with Gasteiger partial charge in [0.25, 0.3) is 0 Å². The fourth-order valence-corrected chi connectivity index (χ4v) is 1.30. The SMILES string of the molecule is COc1ccc(N)cc1C[C@@H](C)N. The van der Waals surface area contributed by atoms with Crippen molar-refractivity contribution in [1.82, 2.24) is 0 Å². The van der Waals surface area contributed by atoms with Gasteiger partial charge in [0.05, 0.1) is 7.11 Å². The van der Waals surface area contributed by atoms with Gasteiger partial charge < -0.3 is 16.2 Å². The molecule has 1 aromatic carbocycles. The lowest BCUT2D eigenvalue weighted by atomic mass is 10.1. The van der Waals surface area contributed by atoms with Crippen LogP contribution in [0.3, 0.4) is 0 Å². The number of benzene rings is 1. The van der Waals surface area contributed by atoms with Gasteiger partial charge in [0.1, 0.15) is 5.75 Å². The first-order valence-electron chi connectivity index (χ1n) is 4.31. The van der Waals surface area contributed by atoms with E-state index in [4.69, 9.17) is 16.2 Å². The van der Waals surface area contributed by atoms with Crippen LogP contribution in [-0.4, -0.2) is 13.2 Å². The third-order valence-corrected chi connectivity index (χ3v) is 1.85. The molecule has 0 heterocycles. The van der Waals surface area contributed by atoms with Crippen molar-refractivity contribution in [2.24, 2.45) is 5.73 Å². The number of nitrogens with two attached hydrogens (primary N) is 2. The molecule has 0 bridgehead atoms. The van der Waals surface area contributed by atoms with Crippen LogP contribution in [-0.2, 0) is 6.42 Å². The van der Waals surface area contributed by atoms with Gasteiger partial charge in [-0.1, -0.05) is 0 Å². The first kappa shape index (κ1) is 9.86. The second-order valence-electron chi connectivity index (χ2n) is 3.25. The van der Waals surface area contributed by atoms with Gasteiger partial charge in [-0.2, -0.15) is 0 Å². The van der Waals surface area contributed by atoms with Crippen molar-refractivity contribution in [2.75, 3.05) is 12.8 Å². The van der Waals surface area contributed by atoms with Crippen LogP contribution in [0.25, 0.3) is 0 Å². The standard InChI is InChI=1S/C10H16N2O/c1-7(11)5-8-6-9(12)3-4-10(8)13-2/h3-4,6-7H,5,11-12H2,1-2H3/t7-/m1/s1. The van der Waals surface area contributed by atoms with E-state index in [0.29, 0.717) is 0 Å². The molecule has 72 valence electrons. The predicted octanol–water partition coefficient (Wildman–Crippen LogP) is 1.17. The van der Waals surface area contributed by atoms with Crippen LogP contribution in [0.5, 0.6) is 5.75 Å². The molecule has 0 fully saturated rings. The number of ether oxygens (including phenoxy) is 1. The van der Waals surface area contributed by atoms with Crippen LogP contribution in [0.4, 0.5) is 5.69 Å². The highest BCUT2D eigenvalue weighted by molar-refractivity contribution is 5.48. The maximum absolute atomic E-state index is 5.70. The molecule has 4 N–H and O–H groups in total. The summed E-state index contributed by atoms with van der Waals surface area (Å²) in [6, 6.07) is 5.72. The Bertz CT molecular complexity index is 284. The van der Waals surface area contributed by atoms with Crippen LogP contribution in [0.1, 0.15) is 12.5 Å². The normalized spacial score (nSPS) is 12.5. The Balaban J connectivity index is 2.94. The molecule has 3 heteroatoms. The highest BCUT2D eigenvalue weighted by atomic mass is 16.5. The first-order chi connectivity index (χ1) is 6.13. The minimum absolute atomic E-state index is 0.121. The molecule has 1 rings (SSSR count).